The zero-order chi connectivity index (χ0) is 22.2. The Labute approximate surface area is 185 Å². The Morgan fingerprint density at radius 3 is 1.94 bits per heavy atom. The molecular weight excluding hydrogens is 414 g/mol. The van der Waals surface area contributed by atoms with Crippen molar-refractivity contribution in [3.63, 3.8) is 0 Å². The van der Waals surface area contributed by atoms with Gasteiger partial charge >= 0.3 is 0 Å². The summed E-state index contributed by atoms with van der Waals surface area (Å²) in [5, 5.41) is 8.51. The fraction of sp³-hybridized carbons (Fsp3) is 0.0870. The fourth-order valence-electron chi connectivity index (χ4n) is 2.74. The molecule has 3 rings (SSSR count). The molecule has 0 saturated heterocycles. The summed E-state index contributed by atoms with van der Waals surface area (Å²) in [5.41, 5.74) is 2.25. The third kappa shape index (κ3) is 5.80. The molecular formula is C23H21N3O4S. The molecule has 0 heterocycles. The highest BCUT2D eigenvalue weighted by atomic mass is 32.1. The lowest BCUT2D eigenvalue weighted by atomic mass is 10.2. The molecule has 0 radical (unpaired) electrons. The van der Waals surface area contributed by atoms with Gasteiger partial charge in [0.15, 0.2) is 16.6 Å². The normalized spacial score (nSPS) is 10.0. The molecule has 0 atom stereocenters. The first-order valence-corrected chi connectivity index (χ1v) is 9.72. The van der Waals surface area contributed by atoms with Crippen molar-refractivity contribution in [1.82, 2.24) is 5.32 Å². The topological polar surface area (TPSA) is 88.7 Å². The Morgan fingerprint density at radius 1 is 0.710 bits per heavy atom. The number of anilines is 2. The smallest absolute Gasteiger partial charge is 0.257 e. The third-order valence-electron chi connectivity index (χ3n) is 4.31. The number of amides is 2. The van der Waals surface area contributed by atoms with Gasteiger partial charge in [0.2, 0.25) is 0 Å². The predicted molar refractivity (Wildman–Crippen MR) is 124 cm³/mol. The van der Waals surface area contributed by atoms with Crippen LogP contribution in [-0.4, -0.2) is 31.1 Å². The maximum atomic E-state index is 12.4. The number of hydrogen-bond donors (Lipinski definition) is 3. The zero-order valence-electron chi connectivity index (χ0n) is 17.0. The number of thiocarbonyl (C=S) groups is 1. The molecule has 31 heavy (non-hydrogen) atoms. The molecule has 0 aliphatic rings. The quantitative estimate of drug-likeness (QED) is 0.506. The predicted octanol–water partition coefficient (Wildman–Crippen LogP) is 4.08. The van der Waals surface area contributed by atoms with Crippen LogP contribution in [0.2, 0.25) is 0 Å². The van der Waals surface area contributed by atoms with Crippen molar-refractivity contribution < 1.29 is 19.1 Å². The van der Waals surface area contributed by atoms with Crippen molar-refractivity contribution in [2.75, 3.05) is 24.9 Å². The number of ether oxygens (including phenoxy) is 2. The number of nitrogens with one attached hydrogen (secondary N) is 3. The van der Waals surface area contributed by atoms with Crippen LogP contribution >= 0.6 is 12.2 Å². The van der Waals surface area contributed by atoms with Crippen molar-refractivity contribution in [3.05, 3.63) is 83.9 Å². The van der Waals surface area contributed by atoms with Crippen LogP contribution < -0.4 is 25.4 Å². The van der Waals surface area contributed by atoms with Crippen LogP contribution in [0.3, 0.4) is 0 Å². The highest BCUT2D eigenvalue weighted by Crippen LogP contribution is 2.27. The van der Waals surface area contributed by atoms with E-state index in [1.807, 2.05) is 6.07 Å². The molecule has 158 valence electrons. The van der Waals surface area contributed by atoms with Crippen LogP contribution in [0.4, 0.5) is 11.4 Å². The molecule has 8 heteroatoms. The van der Waals surface area contributed by atoms with Gasteiger partial charge in [0.1, 0.15) is 0 Å². The van der Waals surface area contributed by atoms with E-state index in [2.05, 4.69) is 16.0 Å². The van der Waals surface area contributed by atoms with Gasteiger partial charge in [-0.1, -0.05) is 18.2 Å². The second kappa shape index (κ2) is 10.2. The number of hydrogen-bond acceptors (Lipinski definition) is 5. The lowest BCUT2D eigenvalue weighted by Gasteiger charge is -2.12. The van der Waals surface area contributed by atoms with Crippen molar-refractivity contribution in [3.8, 4) is 11.5 Å². The molecule has 0 unspecified atom stereocenters. The average molecular weight is 436 g/mol. The van der Waals surface area contributed by atoms with Crippen molar-refractivity contribution in [2.45, 2.75) is 0 Å². The Kier molecular flexibility index (Phi) is 7.18. The van der Waals surface area contributed by atoms with Gasteiger partial charge in [0.05, 0.1) is 14.2 Å². The van der Waals surface area contributed by atoms with E-state index in [0.717, 1.165) is 0 Å². The monoisotopic (exact) mass is 435 g/mol. The maximum Gasteiger partial charge on any atom is 0.257 e. The molecule has 3 N–H and O–H groups in total. The van der Waals surface area contributed by atoms with E-state index in [1.165, 1.54) is 14.2 Å². The summed E-state index contributed by atoms with van der Waals surface area (Å²) in [6.07, 6.45) is 0. The number of rotatable bonds is 6. The first-order valence-electron chi connectivity index (χ1n) is 9.31. The van der Waals surface area contributed by atoms with Gasteiger partial charge in [0, 0.05) is 22.5 Å². The van der Waals surface area contributed by atoms with Gasteiger partial charge in [-0.25, -0.2) is 0 Å². The molecule has 3 aromatic rings. The van der Waals surface area contributed by atoms with Crippen molar-refractivity contribution >= 4 is 40.5 Å². The number of carbonyl (C=O) groups is 2. The summed E-state index contributed by atoms with van der Waals surface area (Å²) in [7, 11) is 3.02. The van der Waals surface area contributed by atoms with E-state index in [1.54, 1.807) is 66.7 Å². The van der Waals surface area contributed by atoms with Gasteiger partial charge in [-0.15, -0.1) is 0 Å². The summed E-state index contributed by atoms with van der Waals surface area (Å²) < 4.78 is 10.4. The Bertz CT molecular complexity index is 1090. The van der Waals surface area contributed by atoms with E-state index in [0.29, 0.717) is 34.0 Å². The minimum atomic E-state index is -0.384. The molecule has 0 saturated carbocycles. The van der Waals surface area contributed by atoms with E-state index in [-0.39, 0.29) is 16.9 Å². The molecule has 2 amide bonds. The Morgan fingerprint density at radius 2 is 1.32 bits per heavy atom. The van der Waals surface area contributed by atoms with Gasteiger partial charge < -0.3 is 20.1 Å². The second-order valence-electron chi connectivity index (χ2n) is 6.38. The van der Waals surface area contributed by atoms with E-state index in [9.17, 15) is 9.59 Å². The summed E-state index contributed by atoms with van der Waals surface area (Å²) in [6, 6.07) is 20.7. The summed E-state index contributed by atoms with van der Waals surface area (Å²) in [4.78, 5) is 24.6. The van der Waals surface area contributed by atoms with Gasteiger partial charge in [0.25, 0.3) is 11.8 Å². The molecule has 0 bridgehead atoms. The van der Waals surface area contributed by atoms with E-state index in [4.69, 9.17) is 21.7 Å². The standard InChI is InChI=1S/C23H21N3O4S/c1-29-19-13-8-16(14-20(19)30-2)22(28)26-23(31)25-18-11-9-17(10-12-18)24-21(27)15-6-4-3-5-7-15/h3-14H,1-2H3,(H,24,27)(H2,25,26,28,31). The fourth-order valence-corrected chi connectivity index (χ4v) is 2.96. The number of benzene rings is 3. The maximum absolute atomic E-state index is 12.4. The Hall–Kier alpha value is -3.91. The lowest BCUT2D eigenvalue weighted by Crippen LogP contribution is -2.34. The molecule has 3 aromatic carbocycles. The van der Waals surface area contributed by atoms with E-state index >= 15 is 0 Å². The molecule has 0 aliphatic heterocycles. The van der Waals surface area contributed by atoms with E-state index < -0.39 is 0 Å². The van der Waals surface area contributed by atoms with Crippen LogP contribution in [0, 0.1) is 0 Å². The molecule has 0 spiro atoms. The average Bonchev–Trinajstić information content (AvgIpc) is 2.80. The minimum Gasteiger partial charge on any atom is -0.493 e. The molecule has 0 aromatic heterocycles. The van der Waals surface area contributed by atoms with Crippen molar-refractivity contribution in [1.29, 1.82) is 0 Å². The van der Waals surface area contributed by atoms with Crippen LogP contribution in [0.1, 0.15) is 20.7 Å². The second-order valence-corrected chi connectivity index (χ2v) is 6.78. The highest BCUT2D eigenvalue weighted by Gasteiger charge is 2.12. The van der Waals surface area contributed by atoms with Crippen LogP contribution in [0.15, 0.2) is 72.8 Å². The van der Waals surface area contributed by atoms with Gasteiger partial charge in [-0.2, -0.15) is 0 Å². The third-order valence-corrected chi connectivity index (χ3v) is 4.51. The first-order chi connectivity index (χ1) is 15.0. The first kappa shape index (κ1) is 21.8. The van der Waals surface area contributed by atoms with Crippen LogP contribution in [-0.2, 0) is 0 Å². The lowest BCUT2D eigenvalue weighted by molar-refractivity contribution is 0.0976. The number of methoxy groups -OCH3 is 2. The summed E-state index contributed by atoms with van der Waals surface area (Å²) in [5.74, 6) is 0.394. The highest BCUT2D eigenvalue weighted by molar-refractivity contribution is 7.80. The van der Waals surface area contributed by atoms with Crippen LogP contribution in [0.25, 0.3) is 0 Å². The SMILES string of the molecule is COc1ccc(C(=O)NC(=S)Nc2ccc(NC(=O)c3ccccc3)cc2)cc1OC. The zero-order valence-corrected chi connectivity index (χ0v) is 17.8. The Balaban J connectivity index is 1.57. The largest absolute Gasteiger partial charge is 0.493 e. The summed E-state index contributed by atoms with van der Waals surface area (Å²) in [6.45, 7) is 0. The number of carbonyl (C=O) groups excluding carboxylic acids is 2. The van der Waals surface area contributed by atoms with Gasteiger partial charge in [-0.05, 0) is 66.8 Å². The van der Waals surface area contributed by atoms with Crippen LogP contribution in [0.5, 0.6) is 11.5 Å². The van der Waals surface area contributed by atoms with Crippen molar-refractivity contribution in [2.24, 2.45) is 0 Å². The molecule has 0 fully saturated rings. The molecule has 7 nitrogen and oxygen atoms in total. The van der Waals surface area contributed by atoms with Gasteiger partial charge in [-0.3, -0.25) is 14.9 Å². The molecule has 0 aliphatic carbocycles. The minimum absolute atomic E-state index is 0.140. The summed E-state index contributed by atoms with van der Waals surface area (Å²) >= 11 is 5.22.